The molecule has 0 radical (unpaired) electrons. The summed E-state index contributed by atoms with van der Waals surface area (Å²) in [5, 5.41) is 3.57. The molecular weight excluding hydrogens is 360 g/mol. The smallest absolute Gasteiger partial charge is 0.251 e. The molecule has 132 valence electrons. The fourth-order valence-corrected chi connectivity index (χ4v) is 3.14. The SMILES string of the molecule is O=C1NC(=S)N(c2ccccc2)C(=O)[C@@H]1C=Nc1ccc2ncccc2c1. The van der Waals surface area contributed by atoms with E-state index in [4.69, 9.17) is 12.2 Å². The van der Waals surface area contributed by atoms with Gasteiger partial charge in [0.1, 0.15) is 0 Å². The fourth-order valence-electron chi connectivity index (χ4n) is 2.85. The molecule has 1 N–H and O–H groups in total. The normalized spacial score (nSPS) is 17.6. The van der Waals surface area contributed by atoms with Gasteiger partial charge in [0.15, 0.2) is 11.0 Å². The van der Waals surface area contributed by atoms with E-state index in [1.54, 1.807) is 36.5 Å². The lowest BCUT2D eigenvalue weighted by Crippen LogP contribution is -2.58. The summed E-state index contributed by atoms with van der Waals surface area (Å²) in [6, 6.07) is 18.2. The molecule has 0 spiro atoms. The van der Waals surface area contributed by atoms with Crippen molar-refractivity contribution in [2.24, 2.45) is 10.9 Å². The summed E-state index contributed by atoms with van der Waals surface area (Å²) in [4.78, 5) is 35.0. The number of carbonyl (C=O) groups is 2. The molecule has 7 heteroatoms. The van der Waals surface area contributed by atoms with Gasteiger partial charge >= 0.3 is 0 Å². The van der Waals surface area contributed by atoms with Crippen molar-refractivity contribution in [1.82, 2.24) is 10.3 Å². The number of thiocarbonyl (C=S) groups is 1. The summed E-state index contributed by atoms with van der Waals surface area (Å²) >= 11 is 5.17. The quantitative estimate of drug-likeness (QED) is 0.434. The van der Waals surface area contributed by atoms with Crippen LogP contribution in [-0.2, 0) is 9.59 Å². The summed E-state index contributed by atoms with van der Waals surface area (Å²) in [6.07, 6.45) is 3.07. The molecule has 0 saturated carbocycles. The summed E-state index contributed by atoms with van der Waals surface area (Å²) in [5.74, 6) is -1.97. The topological polar surface area (TPSA) is 74.7 Å². The monoisotopic (exact) mass is 374 g/mol. The molecule has 1 aliphatic heterocycles. The predicted molar refractivity (Wildman–Crippen MR) is 108 cm³/mol. The highest BCUT2D eigenvalue weighted by Crippen LogP contribution is 2.22. The molecule has 1 atom stereocenters. The van der Waals surface area contributed by atoms with Crippen LogP contribution in [0.4, 0.5) is 11.4 Å². The highest BCUT2D eigenvalue weighted by molar-refractivity contribution is 7.80. The van der Waals surface area contributed by atoms with Gasteiger partial charge in [-0.05, 0) is 48.6 Å². The van der Waals surface area contributed by atoms with Crippen LogP contribution in [0.1, 0.15) is 0 Å². The van der Waals surface area contributed by atoms with E-state index >= 15 is 0 Å². The van der Waals surface area contributed by atoms with Crippen molar-refractivity contribution in [2.75, 3.05) is 4.90 Å². The maximum absolute atomic E-state index is 12.9. The van der Waals surface area contributed by atoms with E-state index in [1.807, 2.05) is 30.3 Å². The lowest BCUT2D eigenvalue weighted by atomic mass is 10.1. The third-order valence-electron chi connectivity index (χ3n) is 4.18. The van der Waals surface area contributed by atoms with Crippen LogP contribution in [0, 0.1) is 5.92 Å². The zero-order valence-electron chi connectivity index (χ0n) is 14.1. The first-order valence-corrected chi connectivity index (χ1v) is 8.67. The zero-order chi connectivity index (χ0) is 18.8. The number of benzene rings is 2. The number of hydrogen-bond donors (Lipinski definition) is 1. The first-order chi connectivity index (χ1) is 13.1. The van der Waals surface area contributed by atoms with Gasteiger partial charge in [-0.2, -0.15) is 0 Å². The van der Waals surface area contributed by atoms with E-state index in [0.717, 1.165) is 10.9 Å². The van der Waals surface area contributed by atoms with E-state index in [1.165, 1.54) is 11.1 Å². The standard InChI is InChI=1S/C20H14N4O2S/c25-18-16(12-22-14-8-9-17-13(11-14)5-4-10-21-17)19(26)24(20(27)23-18)15-6-2-1-3-7-15/h1-12,16H,(H,23,25,27)/t16-/m1/s1. The van der Waals surface area contributed by atoms with E-state index in [-0.39, 0.29) is 5.11 Å². The first-order valence-electron chi connectivity index (χ1n) is 8.26. The number of para-hydroxylation sites is 1. The minimum Gasteiger partial charge on any atom is -0.301 e. The Morgan fingerprint density at radius 2 is 1.89 bits per heavy atom. The number of fused-ring (bicyclic) bond motifs is 1. The lowest BCUT2D eigenvalue weighted by molar-refractivity contribution is -0.130. The van der Waals surface area contributed by atoms with Gasteiger partial charge in [-0.3, -0.25) is 24.5 Å². The number of pyridine rings is 1. The van der Waals surface area contributed by atoms with Gasteiger partial charge in [0.2, 0.25) is 5.91 Å². The molecule has 0 unspecified atom stereocenters. The molecule has 3 aromatic rings. The Hall–Kier alpha value is -3.45. The molecule has 0 bridgehead atoms. The van der Waals surface area contributed by atoms with Crippen molar-refractivity contribution in [1.29, 1.82) is 0 Å². The molecule has 1 saturated heterocycles. The summed E-state index contributed by atoms with van der Waals surface area (Å²) < 4.78 is 0. The second-order valence-electron chi connectivity index (χ2n) is 5.94. The van der Waals surface area contributed by atoms with Gasteiger partial charge in [0, 0.05) is 17.8 Å². The molecule has 2 amide bonds. The Kier molecular flexibility index (Phi) is 4.43. The number of nitrogens with one attached hydrogen (secondary N) is 1. The van der Waals surface area contributed by atoms with Crippen LogP contribution in [-0.4, -0.2) is 28.1 Å². The molecule has 1 aromatic heterocycles. The van der Waals surface area contributed by atoms with Crippen LogP contribution in [0.15, 0.2) is 71.9 Å². The van der Waals surface area contributed by atoms with Crippen LogP contribution in [0.5, 0.6) is 0 Å². The average Bonchev–Trinajstić information content (AvgIpc) is 2.68. The number of aliphatic imine (C=N–C) groups is 1. The molecule has 2 aromatic carbocycles. The van der Waals surface area contributed by atoms with Gasteiger partial charge in [0.25, 0.3) is 5.91 Å². The molecule has 4 rings (SSSR count). The van der Waals surface area contributed by atoms with Crippen molar-refractivity contribution < 1.29 is 9.59 Å². The van der Waals surface area contributed by atoms with Crippen molar-refractivity contribution in [3.8, 4) is 0 Å². The molecule has 0 aliphatic carbocycles. The second kappa shape index (κ2) is 7.05. The lowest BCUT2D eigenvalue weighted by Gasteiger charge is -2.30. The molecule has 27 heavy (non-hydrogen) atoms. The van der Waals surface area contributed by atoms with Crippen molar-refractivity contribution in [3.05, 3.63) is 66.9 Å². The average molecular weight is 374 g/mol. The number of rotatable bonds is 3. The van der Waals surface area contributed by atoms with Gasteiger partial charge in [0.05, 0.1) is 16.9 Å². The minimum absolute atomic E-state index is 0.0672. The Morgan fingerprint density at radius 3 is 2.70 bits per heavy atom. The van der Waals surface area contributed by atoms with Crippen molar-refractivity contribution in [3.63, 3.8) is 0 Å². The van der Waals surface area contributed by atoms with E-state index in [9.17, 15) is 9.59 Å². The summed E-state index contributed by atoms with van der Waals surface area (Å²) in [5.41, 5.74) is 2.08. The second-order valence-corrected chi connectivity index (χ2v) is 6.33. The van der Waals surface area contributed by atoms with Crippen LogP contribution < -0.4 is 10.2 Å². The molecule has 1 aliphatic rings. The van der Waals surface area contributed by atoms with Gasteiger partial charge in [-0.15, -0.1) is 0 Å². The van der Waals surface area contributed by atoms with E-state index in [0.29, 0.717) is 11.4 Å². The Labute approximate surface area is 160 Å². The van der Waals surface area contributed by atoms with Crippen LogP contribution in [0.25, 0.3) is 10.9 Å². The third-order valence-corrected chi connectivity index (χ3v) is 4.46. The van der Waals surface area contributed by atoms with E-state index < -0.39 is 17.7 Å². The first kappa shape index (κ1) is 17.0. The highest BCUT2D eigenvalue weighted by Gasteiger charge is 2.38. The molecule has 2 heterocycles. The highest BCUT2D eigenvalue weighted by atomic mass is 32.1. The summed E-state index contributed by atoms with van der Waals surface area (Å²) in [6.45, 7) is 0. The van der Waals surface area contributed by atoms with Crippen LogP contribution in [0.2, 0.25) is 0 Å². The Morgan fingerprint density at radius 1 is 1.07 bits per heavy atom. The number of nitrogens with zero attached hydrogens (tertiary/aromatic N) is 3. The van der Waals surface area contributed by atoms with Gasteiger partial charge in [-0.25, -0.2) is 0 Å². The maximum atomic E-state index is 12.9. The molecule has 1 fully saturated rings. The fraction of sp³-hybridized carbons (Fsp3) is 0.0500. The van der Waals surface area contributed by atoms with Crippen LogP contribution >= 0.6 is 12.2 Å². The van der Waals surface area contributed by atoms with Gasteiger partial charge < -0.3 is 5.32 Å². The third kappa shape index (κ3) is 3.32. The van der Waals surface area contributed by atoms with Crippen molar-refractivity contribution in [2.45, 2.75) is 0 Å². The van der Waals surface area contributed by atoms with Crippen LogP contribution in [0.3, 0.4) is 0 Å². The Balaban J connectivity index is 1.63. The zero-order valence-corrected chi connectivity index (χ0v) is 14.9. The minimum atomic E-state index is -1.05. The van der Waals surface area contributed by atoms with E-state index in [2.05, 4.69) is 15.3 Å². The number of amides is 2. The Bertz CT molecular complexity index is 1080. The maximum Gasteiger partial charge on any atom is 0.251 e. The van der Waals surface area contributed by atoms with Crippen molar-refractivity contribution >= 4 is 57.6 Å². The number of anilines is 1. The number of aromatic nitrogens is 1. The molecule has 6 nitrogen and oxygen atoms in total. The van der Waals surface area contributed by atoms with Gasteiger partial charge in [-0.1, -0.05) is 24.3 Å². The molecular formula is C20H14N4O2S. The predicted octanol–water partition coefficient (Wildman–Crippen LogP) is 3.00. The largest absolute Gasteiger partial charge is 0.301 e. The summed E-state index contributed by atoms with van der Waals surface area (Å²) in [7, 11) is 0. The number of carbonyl (C=O) groups excluding carboxylic acids is 2. The number of hydrogen-bond acceptors (Lipinski definition) is 5.